The second kappa shape index (κ2) is 7.26. The van der Waals surface area contributed by atoms with Gasteiger partial charge in [0.2, 0.25) is 5.95 Å². The fraction of sp³-hybridized carbons (Fsp3) is 0.267. The second-order valence-corrected chi connectivity index (χ2v) is 6.78. The number of anilines is 1. The van der Waals surface area contributed by atoms with E-state index in [2.05, 4.69) is 15.3 Å². The van der Waals surface area contributed by atoms with Crippen LogP contribution < -0.4 is 15.6 Å². The SMILES string of the molecule is CCCc1c(C)nc(NC(=O)NS(=O)(=O)c2ccccc2)[nH]c1=O. The van der Waals surface area contributed by atoms with Crippen molar-refractivity contribution in [3.63, 3.8) is 0 Å². The van der Waals surface area contributed by atoms with Crippen molar-refractivity contribution >= 4 is 22.0 Å². The molecule has 8 nitrogen and oxygen atoms in total. The Kier molecular flexibility index (Phi) is 5.35. The molecule has 1 aromatic heterocycles. The molecule has 1 aromatic carbocycles. The summed E-state index contributed by atoms with van der Waals surface area (Å²) in [6, 6.07) is 6.46. The molecular formula is C15H18N4O4S. The van der Waals surface area contributed by atoms with Crippen LogP contribution in [-0.2, 0) is 16.4 Å². The van der Waals surface area contributed by atoms with Gasteiger partial charge in [-0.3, -0.25) is 15.1 Å². The van der Waals surface area contributed by atoms with Gasteiger partial charge in [-0.2, -0.15) is 0 Å². The predicted molar refractivity (Wildman–Crippen MR) is 89.4 cm³/mol. The molecule has 0 radical (unpaired) electrons. The number of carbonyl (C=O) groups is 1. The average Bonchev–Trinajstić information content (AvgIpc) is 2.51. The molecule has 0 aliphatic rings. The average molecular weight is 350 g/mol. The maximum atomic E-state index is 12.0. The van der Waals surface area contributed by atoms with E-state index in [1.54, 1.807) is 25.1 Å². The molecule has 9 heteroatoms. The highest BCUT2D eigenvalue weighted by Gasteiger charge is 2.18. The number of aryl methyl sites for hydroxylation is 1. The van der Waals surface area contributed by atoms with Crippen LogP contribution in [0.1, 0.15) is 24.6 Å². The number of carbonyl (C=O) groups excluding carboxylic acids is 1. The van der Waals surface area contributed by atoms with Crippen LogP contribution in [0.2, 0.25) is 0 Å². The van der Waals surface area contributed by atoms with E-state index in [1.165, 1.54) is 12.1 Å². The fourth-order valence-electron chi connectivity index (χ4n) is 2.13. The van der Waals surface area contributed by atoms with Gasteiger partial charge in [-0.15, -0.1) is 0 Å². The van der Waals surface area contributed by atoms with Gasteiger partial charge >= 0.3 is 6.03 Å². The molecular weight excluding hydrogens is 332 g/mol. The molecule has 24 heavy (non-hydrogen) atoms. The Morgan fingerprint density at radius 2 is 1.92 bits per heavy atom. The number of aromatic amines is 1. The van der Waals surface area contributed by atoms with Crippen molar-refractivity contribution in [2.75, 3.05) is 5.32 Å². The number of hydrogen-bond acceptors (Lipinski definition) is 5. The van der Waals surface area contributed by atoms with Crippen molar-refractivity contribution in [3.05, 3.63) is 51.9 Å². The predicted octanol–water partition coefficient (Wildman–Crippen LogP) is 1.54. The first-order chi connectivity index (χ1) is 11.3. The Morgan fingerprint density at radius 3 is 2.50 bits per heavy atom. The molecule has 2 rings (SSSR count). The van der Waals surface area contributed by atoms with Crippen LogP contribution in [0, 0.1) is 6.92 Å². The summed E-state index contributed by atoms with van der Waals surface area (Å²) in [5.74, 6) is -0.113. The molecule has 3 N–H and O–H groups in total. The minimum Gasteiger partial charge on any atom is -0.292 e. The third kappa shape index (κ3) is 4.19. The van der Waals surface area contributed by atoms with Crippen molar-refractivity contribution in [3.8, 4) is 0 Å². The van der Waals surface area contributed by atoms with Gasteiger partial charge in [0.25, 0.3) is 15.6 Å². The first-order valence-corrected chi connectivity index (χ1v) is 8.80. The highest BCUT2D eigenvalue weighted by atomic mass is 32.2. The molecule has 0 saturated heterocycles. The van der Waals surface area contributed by atoms with Crippen LogP contribution >= 0.6 is 0 Å². The third-order valence-electron chi connectivity index (χ3n) is 3.23. The monoisotopic (exact) mass is 350 g/mol. The highest BCUT2D eigenvalue weighted by molar-refractivity contribution is 7.90. The van der Waals surface area contributed by atoms with E-state index in [0.717, 1.165) is 6.42 Å². The summed E-state index contributed by atoms with van der Waals surface area (Å²) in [6.07, 6.45) is 1.36. The number of aromatic nitrogens is 2. The molecule has 0 bridgehead atoms. The minimum atomic E-state index is -4.00. The summed E-state index contributed by atoms with van der Waals surface area (Å²) in [5.41, 5.74) is 0.674. The van der Waals surface area contributed by atoms with Crippen molar-refractivity contribution in [2.45, 2.75) is 31.6 Å². The van der Waals surface area contributed by atoms with Crippen molar-refractivity contribution < 1.29 is 13.2 Å². The van der Waals surface area contributed by atoms with Gasteiger partial charge in [0.15, 0.2) is 0 Å². The van der Waals surface area contributed by atoms with Gasteiger partial charge < -0.3 is 0 Å². The van der Waals surface area contributed by atoms with E-state index >= 15 is 0 Å². The van der Waals surface area contributed by atoms with E-state index < -0.39 is 16.1 Å². The van der Waals surface area contributed by atoms with Crippen molar-refractivity contribution in [1.29, 1.82) is 0 Å². The standard InChI is InChI=1S/C15H18N4O4S/c1-3-7-12-10(2)16-14(17-13(12)20)18-15(21)19-24(22,23)11-8-5-4-6-9-11/h4-6,8-9H,3,7H2,1-2H3,(H3,16,17,18,19,20,21). The molecule has 0 fully saturated rings. The number of sulfonamides is 1. The summed E-state index contributed by atoms with van der Waals surface area (Å²) in [6.45, 7) is 3.59. The van der Waals surface area contributed by atoms with Crippen molar-refractivity contribution in [1.82, 2.24) is 14.7 Å². The Morgan fingerprint density at radius 1 is 1.25 bits per heavy atom. The maximum absolute atomic E-state index is 12.0. The molecule has 0 unspecified atom stereocenters. The second-order valence-electron chi connectivity index (χ2n) is 5.10. The molecule has 2 amide bonds. The number of hydrogen-bond donors (Lipinski definition) is 3. The van der Waals surface area contributed by atoms with E-state index in [-0.39, 0.29) is 16.4 Å². The Balaban J connectivity index is 2.15. The van der Waals surface area contributed by atoms with E-state index in [4.69, 9.17) is 0 Å². The zero-order valence-corrected chi connectivity index (χ0v) is 14.1. The summed E-state index contributed by atoms with van der Waals surface area (Å²) in [5, 5.41) is 2.22. The highest BCUT2D eigenvalue weighted by Crippen LogP contribution is 2.08. The van der Waals surface area contributed by atoms with Gasteiger partial charge in [-0.25, -0.2) is 22.9 Å². The minimum absolute atomic E-state index is 0.0453. The largest absolute Gasteiger partial charge is 0.335 e. The lowest BCUT2D eigenvalue weighted by Crippen LogP contribution is -2.35. The van der Waals surface area contributed by atoms with Gasteiger partial charge in [-0.1, -0.05) is 31.5 Å². The topological polar surface area (TPSA) is 121 Å². The molecule has 1 heterocycles. The van der Waals surface area contributed by atoms with E-state index in [9.17, 15) is 18.0 Å². The van der Waals surface area contributed by atoms with Gasteiger partial charge in [-0.05, 0) is 25.5 Å². The number of H-pyrrole nitrogens is 1. The zero-order chi connectivity index (χ0) is 17.7. The number of nitrogens with zero attached hydrogens (tertiary/aromatic N) is 1. The molecule has 0 aliphatic heterocycles. The molecule has 128 valence electrons. The van der Waals surface area contributed by atoms with Gasteiger partial charge in [0, 0.05) is 11.3 Å². The normalized spacial score (nSPS) is 11.1. The lowest BCUT2D eigenvalue weighted by atomic mass is 10.1. The quantitative estimate of drug-likeness (QED) is 0.755. The third-order valence-corrected chi connectivity index (χ3v) is 4.58. The van der Waals surface area contributed by atoms with Crippen LogP contribution in [-0.4, -0.2) is 24.4 Å². The Hall–Kier alpha value is -2.68. The smallest absolute Gasteiger partial charge is 0.292 e. The van der Waals surface area contributed by atoms with Crippen LogP contribution in [0.3, 0.4) is 0 Å². The number of rotatable bonds is 5. The Bertz CT molecular complexity index is 891. The number of amides is 2. The van der Waals surface area contributed by atoms with Gasteiger partial charge in [0.1, 0.15) is 0 Å². The summed E-state index contributed by atoms with van der Waals surface area (Å²) in [7, 11) is -4.00. The first-order valence-electron chi connectivity index (χ1n) is 7.32. The number of urea groups is 1. The molecule has 0 spiro atoms. The lowest BCUT2D eigenvalue weighted by Gasteiger charge is -2.09. The Labute approximate surface area is 139 Å². The summed E-state index contributed by atoms with van der Waals surface area (Å²) in [4.78, 5) is 30.3. The van der Waals surface area contributed by atoms with Crippen LogP contribution in [0.5, 0.6) is 0 Å². The fourth-order valence-corrected chi connectivity index (χ4v) is 3.06. The van der Waals surface area contributed by atoms with Crippen molar-refractivity contribution in [2.24, 2.45) is 0 Å². The number of nitrogens with one attached hydrogen (secondary N) is 3. The zero-order valence-electron chi connectivity index (χ0n) is 13.3. The first kappa shape index (κ1) is 17.7. The van der Waals surface area contributed by atoms with Crippen LogP contribution in [0.25, 0.3) is 0 Å². The molecule has 2 aromatic rings. The summed E-state index contributed by atoms with van der Waals surface area (Å²) >= 11 is 0. The van der Waals surface area contributed by atoms with Crippen LogP contribution in [0.15, 0.2) is 40.0 Å². The lowest BCUT2D eigenvalue weighted by molar-refractivity contribution is 0.256. The van der Waals surface area contributed by atoms with E-state index in [0.29, 0.717) is 17.7 Å². The molecule has 0 aliphatic carbocycles. The maximum Gasteiger partial charge on any atom is 0.335 e. The van der Waals surface area contributed by atoms with Crippen LogP contribution in [0.4, 0.5) is 10.7 Å². The van der Waals surface area contributed by atoms with E-state index in [1.807, 2.05) is 11.6 Å². The molecule has 0 atom stereocenters. The molecule has 0 saturated carbocycles. The van der Waals surface area contributed by atoms with Gasteiger partial charge in [0.05, 0.1) is 4.90 Å². The summed E-state index contributed by atoms with van der Waals surface area (Å²) < 4.78 is 25.9. The number of benzene rings is 1.